The summed E-state index contributed by atoms with van der Waals surface area (Å²) in [6.45, 7) is 4.52. The molecule has 1 heterocycles. The van der Waals surface area contributed by atoms with Gasteiger partial charge in [-0.3, -0.25) is 15.1 Å². The summed E-state index contributed by atoms with van der Waals surface area (Å²) in [5.74, 6) is -0.443. The summed E-state index contributed by atoms with van der Waals surface area (Å²) in [6.07, 6.45) is 2.33. The Morgan fingerprint density at radius 1 is 1.50 bits per heavy atom. The third kappa shape index (κ3) is 4.40. The van der Waals surface area contributed by atoms with E-state index in [2.05, 4.69) is 10.3 Å². The van der Waals surface area contributed by atoms with Gasteiger partial charge in [0.1, 0.15) is 6.04 Å². The molecule has 1 rings (SSSR count). The molecule has 0 amide bonds. The Morgan fingerprint density at radius 3 is 2.75 bits per heavy atom. The molecule has 0 bridgehead atoms. The largest absolute Gasteiger partial charge is 0.480 e. The molecule has 0 aliphatic heterocycles. The van der Waals surface area contributed by atoms with Crippen LogP contribution in [-0.2, 0) is 11.3 Å². The van der Waals surface area contributed by atoms with Gasteiger partial charge >= 0.3 is 5.97 Å². The molecule has 0 aliphatic rings. The van der Waals surface area contributed by atoms with Crippen LogP contribution in [0.15, 0.2) is 24.4 Å². The second-order valence-electron chi connectivity index (χ2n) is 4.22. The molecule has 4 nitrogen and oxygen atoms in total. The second-order valence-corrected chi connectivity index (χ2v) is 4.22. The van der Waals surface area contributed by atoms with Gasteiger partial charge in [0.25, 0.3) is 0 Å². The Bertz CT molecular complexity index is 325. The lowest BCUT2D eigenvalue weighted by Gasteiger charge is -2.15. The van der Waals surface area contributed by atoms with E-state index in [1.807, 2.05) is 32.0 Å². The van der Waals surface area contributed by atoms with Gasteiger partial charge in [-0.05, 0) is 24.5 Å². The number of hydrogen-bond acceptors (Lipinski definition) is 3. The van der Waals surface area contributed by atoms with Gasteiger partial charge in [0.15, 0.2) is 0 Å². The van der Waals surface area contributed by atoms with Crippen molar-refractivity contribution in [3.63, 3.8) is 0 Å². The topological polar surface area (TPSA) is 62.2 Å². The molecule has 0 aromatic carbocycles. The Labute approximate surface area is 95.7 Å². The number of aromatic nitrogens is 1. The molecule has 0 saturated heterocycles. The number of carboxylic acids is 1. The minimum Gasteiger partial charge on any atom is -0.480 e. The fraction of sp³-hybridized carbons (Fsp3) is 0.500. The third-order valence-electron chi connectivity index (χ3n) is 2.26. The van der Waals surface area contributed by atoms with Gasteiger partial charge in [-0.15, -0.1) is 0 Å². The van der Waals surface area contributed by atoms with Crippen molar-refractivity contribution in [3.8, 4) is 0 Å². The average Bonchev–Trinajstić information content (AvgIpc) is 2.25. The molecule has 16 heavy (non-hydrogen) atoms. The zero-order valence-electron chi connectivity index (χ0n) is 9.68. The normalized spacial score (nSPS) is 12.7. The summed E-state index contributed by atoms with van der Waals surface area (Å²) >= 11 is 0. The fourth-order valence-electron chi connectivity index (χ4n) is 1.47. The van der Waals surface area contributed by atoms with Crippen LogP contribution in [0.4, 0.5) is 0 Å². The highest BCUT2D eigenvalue weighted by atomic mass is 16.4. The van der Waals surface area contributed by atoms with Crippen molar-refractivity contribution < 1.29 is 9.90 Å². The van der Waals surface area contributed by atoms with E-state index in [4.69, 9.17) is 5.11 Å². The van der Waals surface area contributed by atoms with Crippen molar-refractivity contribution in [2.24, 2.45) is 5.92 Å². The molecule has 0 saturated carbocycles. The maximum Gasteiger partial charge on any atom is 0.320 e. The number of carboxylic acid groups (broad SMARTS) is 1. The van der Waals surface area contributed by atoms with Crippen LogP contribution < -0.4 is 5.32 Å². The number of hydrogen-bond donors (Lipinski definition) is 2. The van der Waals surface area contributed by atoms with Crippen molar-refractivity contribution in [1.29, 1.82) is 0 Å². The Hall–Kier alpha value is -1.42. The molecule has 0 unspecified atom stereocenters. The van der Waals surface area contributed by atoms with Crippen molar-refractivity contribution in [2.75, 3.05) is 0 Å². The number of nitrogens with zero attached hydrogens (tertiary/aromatic N) is 1. The van der Waals surface area contributed by atoms with Crippen LogP contribution in [0.3, 0.4) is 0 Å². The maximum atomic E-state index is 11.0. The molecule has 4 heteroatoms. The van der Waals surface area contributed by atoms with Gasteiger partial charge in [-0.25, -0.2) is 0 Å². The van der Waals surface area contributed by atoms with Crippen LogP contribution in [0, 0.1) is 5.92 Å². The van der Waals surface area contributed by atoms with Crippen molar-refractivity contribution >= 4 is 5.97 Å². The van der Waals surface area contributed by atoms with E-state index in [9.17, 15) is 4.79 Å². The molecule has 2 N–H and O–H groups in total. The van der Waals surface area contributed by atoms with Gasteiger partial charge in [-0.2, -0.15) is 0 Å². The van der Waals surface area contributed by atoms with Crippen LogP contribution >= 0.6 is 0 Å². The third-order valence-corrected chi connectivity index (χ3v) is 2.26. The standard InChI is InChI=1S/C12H18N2O2/c1-9(2)7-11(12(15)16)14-8-10-5-3-4-6-13-10/h3-6,9,11,14H,7-8H2,1-2H3,(H,15,16)/t11-/m0/s1. The molecule has 0 aliphatic carbocycles. The number of pyridine rings is 1. The first-order valence-corrected chi connectivity index (χ1v) is 5.45. The minimum atomic E-state index is -0.801. The summed E-state index contributed by atoms with van der Waals surface area (Å²) in [7, 11) is 0. The van der Waals surface area contributed by atoms with Crippen molar-refractivity contribution in [3.05, 3.63) is 30.1 Å². The first-order chi connectivity index (χ1) is 7.59. The molecule has 0 fully saturated rings. The van der Waals surface area contributed by atoms with Gasteiger partial charge in [0.2, 0.25) is 0 Å². The lowest BCUT2D eigenvalue weighted by Crippen LogP contribution is -2.37. The number of nitrogens with one attached hydrogen (secondary N) is 1. The lowest BCUT2D eigenvalue weighted by molar-refractivity contribution is -0.140. The molecular formula is C12H18N2O2. The first-order valence-electron chi connectivity index (χ1n) is 5.45. The highest BCUT2D eigenvalue weighted by Gasteiger charge is 2.17. The quantitative estimate of drug-likeness (QED) is 0.768. The molecule has 0 radical (unpaired) electrons. The van der Waals surface area contributed by atoms with E-state index in [0.29, 0.717) is 18.9 Å². The Balaban J connectivity index is 2.47. The Kier molecular flexibility index (Phi) is 4.92. The fourth-order valence-corrected chi connectivity index (χ4v) is 1.47. The van der Waals surface area contributed by atoms with E-state index in [0.717, 1.165) is 5.69 Å². The van der Waals surface area contributed by atoms with Gasteiger partial charge in [0, 0.05) is 12.7 Å². The van der Waals surface area contributed by atoms with Crippen molar-refractivity contribution in [2.45, 2.75) is 32.9 Å². The maximum absolute atomic E-state index is 11.0. The summed E-state index contributed by atoms with van der Waals surface area (Å²) in [4.78, 5) is 15.1. The molecular weight excluding hydrogens is 204 g/mol. The smallest absolute Gasteiger partial charge is 0.320 e. The molecule has 1 aromatic heterocycles. The summed E-state index contributed by atoms with van der Waals surface area (Å²) in [6, 6.07) is 5.11. The highest BCUT2D eigenvalue weighted by Crippen LogP contribution is 2.05. The minimum absolute atomic E-state index is 0.359. The average molecular weight is 222 g/mol. The highest BCUT2D eigenvalue weighted by molar-refractivity contribution is 5.73. The molecule has 1 atom stereocenters. The second kappa shape index (κ2) is 6.23. The zero-order chi connectivity index (χ0) is 12.0. The Morgan fingerprint density at radius 2 is 2.25 bits per heavy atom. The van der Waals surface area contributed by atoms with E-state index >= 15 is 0 Å². The van der Waals surface area contributed by atoms with Gasteiger partial charge in [0.05, 0.1) is 5.69 Å². The van der Waals surface area contributed by atoms with E-state index in [1.54, 1.807) is 6.20 Å². The van der Waals surface area contributed by atoms with Crippen molar-refractivity contribution in [1.82, 2.24) is 10.3 Å². The molecule has 88 valence electrons. The number of rotatable bonds is 6. The van der Waals surface area contributed by atoms with Crippen LogP contribution in [-0.4, -0.2) is 22.1 Å². The van der Waals surface area contributed by atoms with Crippen LogP contribution in [0.25, 0.3) is 0 Å². The zero-order valence-corrected chi connectivity index (χ0v) is 9.68. The molecule has 0 spiro atoms. The lowest BCUT2D eigenvalue weighted by atomic mass is 10.0. The monoisotopic (exact) mass is 222 g/mol. The number of carbonyl (C=O) groups is 1. The summed E-state index contributed by atoms with van der Waals surface area (Å²) in [5.41, 5.74) is 0.859. The predicted octanol–water partition coefficient (Wildman–Crippen LogP) is 1.67. The van der Waals surface area contributed by atoms with Crippen LogP contribution in [0.2, 0.25) is 0 Å². The molecule has 1 aromatic rings. The van der Waals surface area contributed by atoms with Gasteiger partial charge < -0.3 is 5.11 Å². The van der Waals surface area contributed by atoms with E-state index in [1.165, 1.54) is 0 Å². The summed E-state index contributed by atoms with van der Waals surface area (Å²) in [5, 5.41) is 12.0. The SMILES string of the molecule is CC(C)C[C@H](NCc1ccccn1)C(=O)O. The van der Waals surface area contributed by atoms with E-state index in [-0.39, 0.29) is 0 Å². The first kappa shape index (κ1) is 12.6. The predicted molar refractivity (Wildman–Crippen MR) is 62.0 cm³/mol. The number of aliphatic carboxylic acids is 1. The van der Waals surface area contributed by atoms with Gasteiger partial charge in [-0.1, -0.05) is 19.9 Å². The van der Waals surface area contributed by atoms with Crippen LogP contribution in [0.5, 0.6) is 0 Å². The van der Waals surface area contributed by atoms with Crippen LogP contribution in [0.1, 0.15) is 26.0 Å². The van der Waals surface area contributed by atoms with E-state index < -0.39 is 12.0 Å². The summed E-state index contributed by atoms with van der Waals surface area (Å²) < 4.78 is 0.